The molecule has 3 aromatic rings. The Morgan fingerprint density at radius 2 is 1.96 bits per heavy atom. The van der Waals surface area contributed by atoms with Crippen molar-refractivity contribution in [3.8, 4) is 5.75 Å². The highest BCUT2D eigenvalue weighted by atomic mass is 16.5. The largest absolute Gasteiger partial charge is 0.493 e. The van der Waals surface area contributed by atoms with E-state index in [4.69, 9.17) is 15.0 Å². The molecule has 28 heavy (non-hydrogen) atoms. The van der Waals surface area contributed by atoms with Crippen molar-refractivity contribution in [2.75, 3.05) is 6.61 Å². The average molecular weight is 378 g/mol. The average Bonchev–Trinajstić information content (AvgIpc) is 3.25. The lowest BCUT2D eigenvalue weighted by molar-refractivity contribution is 0.0472. The Bertz CT molecular complexity index is 922. The van der Waals surface area contributed by atoms with Crippen molar-refractivity contribution >= 4 is 5.97 Å². The maximum Gasteiger partial charge on any atom is 0.338 e. The van der Waals surface area contributed by atoms with Gasteiger partial charge in [0.25, 0.3) is 0 Å². The van der Waals surface area contributed by atoms with Crippen molar-refractivity contribution in [2.45, 2.75) is 19.2 Å². The van der Waals surface area contributed by atoms with Crippen LogP contribution in [0.2, 0.25) is 0 Å². The molecule has 9 nitrogen and oxygen atoms in total. The highest BCUT2D eigenvalue weighted by Crippen LogP contribution is 2.15. The Morgan fingerprint density at radius 1 is 1.18 bits per heavy atom. The molecule has 0 aliphatic carbocycles. The molecular weight excluding hydrogens is 360 g/mol. The topological polar surface area (TPSA) is 115 Å². The van der Waals surface area contributed by atoms with E-state index < -0.39 is 12.0 Å². The quantitative estimate of drug-likeness (QED) is 0.245. The molecule has 1 atom stereocenters. The standard InChI is InChI=1S/C19H18N6O3/c20-23-22-17(12-25-11-10-21-24-25)14-27-18-8-6-16(7-9-18)19(26)28-13-15-4-2-1-3-5-15/h1-11,17H,12-14H2/t17-/m1/s1. The van der Waals surface area contributed by atoms with Crippen molar-refractivity contribution in [2.24, 2.45) is 5.11 Å². The molecular formula is C19H18N6O3. The van der Waals surface area contributed by atoms with Gasteiger partial charge in [-0.1, -0.05) is 40.7 Å². The zero-order valence-electron chi connectivity index (χ0n) is 15.0. The SMILES string of the molecule is [N-]=[N+]=N[C@@H](COc1ccc(C(=O)OCc2ccccc2)cc1)Cn1ccnn1. The van der Waals surface area contributed by atoms with Gasteiger partial charge < -0.3 is 9.47 Å². The molecule has 0 radical (unpaired) electrons. The normalized spacial score (nSPS) is 11.3. The van der Waals surface area contributed by atoms with Crippen molar-refractivity contribution < 1.29 is 14.3 Å². The Morgan fingerprint density at radius 3 is 2.64 bits per heavy atom. The summed E-state index contributed by atoms with van der Waals surface area (Å²) in [5.41, 5.74) is 10.1. The third-order valence-electron chi connectivity index (χ3n) is 3.83. The van der Waals surface area contributed by atoms with E-state index in [9.17, 15) is 4.79 Å². The van der Waals surface area contributed by atoms with Crippen LogP contribution in [-0.2, 0) is 17.9 Å². The summed E-state index contributed by atoms with van der Waals surface area (Å²) in [4.78, 5) is 15.0. The molecule has 2 aromatic carbocycles. The van der Waals surface area contributed by atoms with Crippen LogP contribution in [0.4, 0.5) is 0 Å². The number of carbonyl (C=O) groups is 1. The first kappa shape index (κ1) is 18.9. The fourth-order valence-electron chi connectivity index (χ4n) is 2.43. The second-order valence-corrected chi connectivity index (χ2v) is 5.88. The molecule has 1 heterocycles. The second-order valence-electron chi connectivity index (χ2n) is 5.88. The third-order valence-corrected chi connectivity index (χ3v) is 3.83. The van der Waals surface area contributed by atoms with Crippen LogP contribution in [0.25, 0.3) is 10.4 Å². The lowest BCUT2D eigenvalue weighted by Crippen LogP contribution is -2.22. The molecule has 0 saturated heterocycles. The number of rotatable bonds is 9. The molecule has 1 aromatic heterocycles. The van der Waals surface area contributed by atoms with E-state index in [0.717, 1.165) is 5.56 Å². The maximum atomic E-state index is 12.1. The smallest absolute Gasteiger partial charge is 0.338 e. The summed E-state index contributed by atoms with van der Waals surface area (Å²) in [7, 11) is 0. The van der Waals surface area contributed by atoms with Crippen LogP contribution in [-0.4, -0.2) is 33.6 Å². The van der Waals surface area contributed by atoms with Gasteiger partial charge in [-0.05, 0) is 35.4 Å². The fraction of sp³-hybridized carbons (Fsp3) is 0.211. The molecule has 0 unspecified atom stereocenters. The number of hydrogen-bond acceptors (Lipinski definition) is 6. The van der Waals surface area contributed by atoms with Gasteiger partial charge >= 0.3 is 5.97 Å². The van der Waals surface area contributed by atoms with Gasteiger partial charge in [-0.25, -0.2) is 4.79 Å². The van der Waals surface area contributed by atoms with Crippen LogP contribution in [0.1, 0.15) is 15.9 Å². The van der Waals surface area contributed by atoms with Crippen LogP contribution < -0.4 is 4.74 Å². The van der Waals surface area contributed by atoms with Gasteiger partial charge in [-0.15, -0.1) is 5.10 Å². The number of carbonyl (C=O) groups excluding carboxylic acids is 1. The number of hydrogen-bond donors (Lipinski definition) is 0. The number of esters is 1. The molecule has 0 aliphatic rings. The summed E-state index contributed by atoms with van der Waals surface area (Å²) in [5, 5.41) is 11.3. The van der Waals surface area contributed by atoms with E-state index in [2.05, 4.69) is 20.3 Å². The first-order valence-electron chi connectivity index (χ1n) is 8.57. The summed E-state index contributed by atoms with van der Waals surface area (Å²) in [6, 6.07) is 15.6. The molecule has 0 N–H and O–H groups in total. The van der Waals surface area contributed by atoms with Gasteiger partial charge in [-0.2, -0.15) is 0 Å². The van der Waals surface area contributed by atoms with E-state index in [1.165, 1.54) is 0 Å². The van der Waals surface area contributed by atoms with Crippen LogP contribution in [0, 0.1) is 0 Å². The van der Waals surface area contributed by atoms with E-state index in [0.29, 0.717) is 17.9 Å². The summed E-state index contributed by atoms with van der Waals surface area (Å²) in [6.07, 6.45) is 3.22. The Labute approximate surface area is 161 Å². The molecule has 9 heteroatoms. The van der Waals surface area contributed by atoms with E-state index in [1.54, 1.807) is 41.3 Å². The van der Waals surface area contributed by atoms with Crippen LogP contribution >= 0.6 is 0 Å². The molecule has 0 amide bonds. The minimum absolute atomic E-state index is 0.168. The van der Waals surface area contributed by atoms with E-state index >= 15 is 0 Å². The van der Waals surface area contributed by atoms with Gasteiger partial charge in [-0.3, -0.25) is 4.68 Å². The molecule has 142 valence electrons. The van der Waals surface area contributed by atoms with Crippen molar-refractivity contribution in [1.29, 1.82) is 0 Å². The highest BCUT2D eigenvalue weighted by molar-refractivity contribution is 5.89. The van der Waals surface area contributed by atoms with Gasteiger partial charge in [0.1, 0.15) is 12.4 Å². The highest BCUT2D eigenvalue weighted by Gasteiger charge is 2.11. The molecule has 3 rings (SSSR count). The monoisotopic (exact) mass is 378 g/mol. The zero-order chi connectivity index (χ0) is 19.6. The first-order chi connectivity index (χ1) is 13.7. The maximum absolute atomic E-state index is 12.1. The predicted molar refractivity (Wildman–Crippen MR) is 100 cm³/mol. The number of nitrogens with zero attached hydrogens (tertiary/aromatic N) is 6. The summed E-state index contributed by atoms with van der Waals surface area (Å²) < 4.78 is 12.5. The van der Waals surface area contributed by atoms with Gasteiger partial charge in [0.15, 0.2) is 0 Å². The minimum Gasteiger partial charge on any atom is -0.493 e. The summed E-state index contributed by atoms with van der Waals surface area (Å²) in [5.74, 6) is 0.143. The molecule has 0 spiro atoms. The predicted octanol–water partition coefficient (Wildman–Crippen LogP) is 3.39. The fourth-order valence-corrected chi connectivity index (χ4v) is 2.43. The van der Waals surface area contributed by atoms with Crippen molar-refractivity contribution in [1.82, 2.24) is 15.0 Å². The van der Waals surface area contributed by atoms with Crippen LogP contribution in [0.5, 0.6) is 5.75 Å². The number of aromatic nitrogens is 3. The Hall–Kier alpha value is -3.84. The van der Waals surface area contributed by atoms with E-state index in [1.807, 2.05) is 30.3 Å². The number of benzene rings is 2. The van der Waals surface area contributed by atoms with Gasteiger partial charge in [0.2, 0.25) is 0 Å². The molecule has 0 bridgehead atoms. The number of ether oxygens (including phenoxy) is 2. The van der Waals surface area contributed by atoms with Crippen molar-refractivity contribution in [3.05, 3.63) is 88.6 Å². The van der Waals surface area contributed by atoms with Gasteiger partial charge in [0.05, 0.1) is 31.0 Å². The molecule has 0 fully saturated rings. The Kier molecular flexibility index (Phi) is 6.59. The Balaban J connectivity index is 1.51. The molecule has 0 aliphatic heterocycles. The lowest BCUT2D eigenvalue weighted by atomic mass is 10.2. The third kappa shape index (κ3) is 5.58. The summed E-state index contributed by atoms with van der Waals surface area (Å²) >= 11 is 0. The van der Waals surface area contributed by atoms with Crippen LogP contribution in [0.15, 0.2) is 72.1 Å². The van der Waals surface area contributed by atoms with E-state index in [-0.39, 0.29) is 13.2 Å². The number of azide groups is 1. The lowest BCUT2D eigenvalue weighted by Gasteiger charge is -2.13. The van der Waals surface area contributed by atoms with Crippen molar-refractivity contribution in [3.63, 3.8) is 0 Å². The summed E-state index contributed by atoms with van der Waals surface area (Å²) in [6.45, 7) is 0.740. The van der Waals surface area contributed by atoms with Crippen LogP contribution in [0.3, 0.4) is 0 Å². The van der Waals surface area contributed by atoms with Gasteiger partial charge in [0, 0.05) is 11.1 Å². The first-order valence-corrected chi connectivity index (χ1v) is 8.57. The molecule has 0 saturated carbocycles. The minimum atomic E-state index is -0.442. The zero-order valence-corrected chi connectivity index (χ0v) is 15.0. The second kappa shape index (κ2) is 9.75.